The first-order valence-corrected chi connectivity index (χ1v) is 4.90. The summed E-state index contributed by atoms with van der Waals surface area (Å²) >= 11 is 0. The summed E-state index contributed by atoms with van der Waals surface area (Å²) in [7, 11) is 0. The number of alkyl halides is 3. The fraction of sp³-hybridized carbons (Fsp3) is 0.600. The fourth-order valence-corrected chi connectivity index (χ4v) is 1.17. The summed E-state index contributed by atoms with van der Waals surface area (Å²) in [6.07, 6.45) is -2.71. The Kier molecular flexibility index (Phi) is 4.82. The Hall–Kier alpha value is -1.01. The van der Waals surface area contributed by atoms with Crippen molar-refractivity contribution < 1.29 is 22.3 Å². The molecule has 1 aromatic rings. The lowest BCUT2D eigenvalue weighted by Gasteiger charge is -2.12. The van der Waals surface area contributed by atoms with Crippen molar-refractivity contribution in [3.8, 4) is 0 Å². The van der Waals surface area contributed by atoms with E-state index in [1.807, 2.05) is 6.92 Å². The van der Waals surface area contributed by atoms with Gasteiger partial charge in [-0.3, -0.25) is 0 Å². The molecule has 16 heavy (non-hydrogen) atoms. The number of ether oxygens (including phenoxy) is 1. The zero-order valence-corrected chi connectivity index (χ0v) is 8.88. The standard InChI is InChI=1S/C10H14F3NO2/c1-8(9-3-2-5-16-9)14-4-6-15-7-10(11,12)13/h2-3,5,8,14H,4,6-7H2,1H3/t8-/m1/s1. The molecule has 1 rings (SSSR count). The van der Waals surface area contributed by atoms with E-state index in [1.165, 1.54) is 0 Å². The van der Waals surface area contributed by atoms with E-state index in [2.05, 4.69) is 10.1 Å². The van der Waals surface area contributed by atoms with Crippen molar-refractivity contribution in [3.05, 3.63) is 24.2 Å². The highest BCUT2D eigenvalue weighted by Crippen LogP contribution is 2.14. The summed E-state index contributed by atoms with van der Waals surface area (Å²) in [5.41, 5.74) is 0. The Labute approximate surface area is 91.6 Å². The topological polar surface area (TPSA) is 34.4 Å². The van der Waals surface area contributed by atoms with Crippen molar-refractivity contribution >= 4 is 0 Å². The van der Waals surface area contributed by atoms with Gasteiger partial charge in [0.2, 0.25) is 0 Å². The Balaban J connectivity index is 2.08. The molecule has 3 nitrogen and oxygen atoms in total. The Morgan fingerprint density at radius 2 is 2.25 bits per heavy atom. The van der Waals surface area contributed by atoms with E-state index < -0.39 is 12.8 Å². The number of halogens is 3. The number of furan rings is 1. The van der Waals surface area contributed by atoms with E-state index >= 15 is 0 Å². The molecule has 0 bridgehead atoms. The van der Waals surface area contributed by atoms with Crippen LogP contribution in [0.2, 0.25) is 0 Å². The molecule has 0 amide bonds. The van der Waals surface area contributed by atoms with Crippen molar-refractivity contribution in [3.63, 3.8) is 0 Å². The van der Waals surface area contributed by atoms with Gasteiger partial charge in [-0.15, -0.1) is 0 Å². The fourth-order valence-electron chi connectivity index (χ4n) is 1.17. The molecular weight excluding hydrogens is 223 g/mol. The summed E-state index contributed by atoms with van der Waals surface area (Å²) in [6, 6.07) is 3.52. The number of rotatable bonds is 6. The normalized spacial score (nSPS) is 14.0. The Morgan fingerprint density at radius 3 is 2.81 bits per heavy atom. The minimum Gasteiger partial charge on any atom is -0.468 e. The summed E-state index contributed by atoms with van der Waals surface area (Å²) in [5, 5.41) is 2.99. The van der Waals surface area contributed by atoms with Crippen LogP contribution in [-0.4, -0.2) is 25.9 Å². The monoisotopic (exact) mass is 237 g/mol. The second-order valence-electron chi connectivity index (χ2n) is 3.36. The van der Waals surface area contributed by atoms with Gasteiger partial charge >= 0.3 is 6.18 Å². The summed E-state index contributed by atoms with van der Waals surface area (Å²) in [4.78, 5) is 0. The van der Waals surface area contributed by atoms with Crippen molar-refractivity contribution in [2.24, 2.45) is 0 Å². The molecule has 0 unspecified atom stereocenters. The SMILES string of the molecule is C[C@@H](NCCOCC(F)(F)F)c1ccco1. The van der Waals surface area contributed by atoms with Crippen LogP contribution in [0, 0.1) is 0 Å². The first-order valence-electron chi connectivity index (χ1n) is 4.90. The van der Waals surface area contributed by atoms with Gasteiger partial charge in [-0.1, -0.05) is 0 Å². The zero-order valence-electron chi connectivity index (χ0n) is 8.88. The molecule has 1 N–H and O–H groups in total. The van der Waals surface area contributed by atoms with Gasteiger partial charge in [0.1, 0.15) is 12.4 Å². The smallest absolute Gasteiger partial charge is 0.411 e. The highest BCUT2D eigenvalue weighted by molar-refractivity contribution is 5.02. The molecule has 0 saturated heterocycles. The first kappa shape index (κ1) is 13.1. The van der Waals surface area contributed by atoms with Crippen molar-refractivity contribution in [1.82, 2.24) is 5.32 Å². The lowest BCUT2D eigenvalue weighted by atomic mass is 10.2. The molecule has 1 atom stereocenters. The van der Waals surface area contributed by atoms with Gasteiger partial charge in [0.15, 0.2) is 0 Å². The predicted molar refractivity (Wildman–Crippen MR) is 52.0 cm³/mol. The molecule has 92 valence electrons. The van der Waals surface area contributed by atoms with Crippen LogP contribution < -0.4 is 5.32 Å². The van der Waals surface area contributed by atoms with Crippen LogP contribution in [0.25, 0.3) is 0 Å². The third kappa shape index (κ3) is 5.18. The second-order valence-corrected chi connectivity index (χ2v) is 3.36. The van der Waals surface area contributed by atoms with E-state index in [0.717, 1.165) is 5.76 Å². The largest absolute Gasteiger partial charge is 0.468 e. The summed E-state index contributed by atoms with van der Waals surface area (Å²) in [5.74, 6) is 0.746. The quantitative estimate of drug-likeness (QED) is 0.772. The maximum atomic E-state index is 11.7. The number of hydrogen-bond acceptors (Lipinski definition) is 3. The highest BCUT2D eigenvalue weighted by atomic mass is 19.4. The van der Waals surface area contributed by atoms with Crippen LogP contribution in [-0.2, 0) is 4.74 Å². The minimum absolute atomic E-state index is 0.0184. The predicted octanol–water partition coefficient (Wildman–Crippen LogP) is 2.51. The number of nitrogens with one attached hydrogen (secondary N) is 1. The molecule has 0 saturated carbocycles. The van der Waals surface area contributed by atoms with Crippen LogP contribution in [0.3, 0.4) is 0 Å². The van der Waals surface area contributed by atoms with Gasteiger partial charge in [0.05, 0.1) is 18.9 Å². The van der Waals surface area contributed by atoms with Crippen LogP contribution >= 0.6 is 0 Å². The van der Waals surface area contributed by atoms with E-state index in [-0.39, 0.29) is 12.6 Å². The lowest BCUT2D eigenvalue weighted by molar-refractivity contribution is -0.173. The van der Waals surface area contributed by atoms with Gasteiger partial charge in [-0.05, 0) is 19.1 Å². The van der Waals surface area contributed by atoms with E-state index in [4.69, 9.17) is 4.42 Å². The summed E-state index contributed by atoms with van der Waals surface area (Å²) < 4.78 is 44.7. The third-order valence-electron chi connectivity index (χ3n) is 1.93. The van der Waals surface area contributed by atoms with E-state index in [9.17, 15) is 13.2 Å². The average molecular weight is 237 g/mol. The third-order valence-corrected chi connectivity index (χ3v) is 1.93. The minimum atomic E-state index is -4.26. The van der Waals surface area contributed by atoms with Gasteiger partial charge in [0.25, 0.3) is 0 Å². The van der Waals surface area contributed by atoms with Crippen molar-refractivity contribution in [1.29, 1.82) is 0 Å². The molecule has 1 heterocycles. The first-order chi connectivity index (χ1) is 7.49. The van der Waals surface area contributed by atoms with Crippen LogP contribution in [0.15, 0.2) is 22.8 Å². The van der Waals surface area contributed by atoms with Gasteiger partial charge in [-0.25, -0.2) is 0 Å². The molecule has 0 aliphatic rings. The maximum absolute atomic E-state index is 11.7. The average Bonchev–Trinajstić information content (AvgIpc) is 2.67. The molecule has 6 heteroatoms. The molecule has 0 aliphatic heterocycles. The summed E-state index contributed by atoms with van der Waals surface area (Å²) in [6.45, 7) is 1.02. The van der Waals surface area contributed by atoms with Crippen molar-refractivity contribution in [2.75, 3.05) is 19.8 Å². The van der Waals surface area contributed by atoms with Gasteiger partial charge in [0, 0.05) is 6.54 Å². The zero-order chi connectivity index (χ0) is 12.0. The molecule has 0 spiro atoms. The molecular formula is C10H14F3NO2. The molecule has 1 aromatic heterocycles. The van der Waals surface area contributed by atoms with Gasteiger partial charge < -0.3 is 14.5 Å². The molecule has 0 aliphatic carbocycles. The van der Waals surface area contributed by atoms with Crippen LogP contribution in [0.5, 0.6) is 0 Å². The number of hydrogen-bond donors (Lipinski definition) is 1. The lowest BCUT2D eigenvalue weighted by Crippen LogP contribution is -2.25. The maximum Gasteiger partial charge on any atom is 0.411 e. The highest BCUT2D eigenvalue weighted by Gasteiger charge is 2.27. The van der Waals surface area contributed by atoms with E-state index in [0.29, 0.717) is 6.54 Å². The van der Waals surface area contributed by atoms with Crippen LogP contribution in [0.4, 0.5) is 13.2 Å². The molecule has 0 fully saturated rings. The second kappa shape index (κ2) is 5.91. The van der Waals surface area contributed by atoms with Crippen LogP contribution in [0.1, 0.15) is 18.7 Å². The Bertz CT molecular complexity index is 285. The van der Waals surface area contributed by atoms with Gasteiger partial charge in [-0.2, -0.15) is 13.2 Å². The molecule has 0 aromatic carbocycles. The van der Waals surface area contributed by atoms with Crippen molar-refractivity contribution in [2.45, 2.75) is 19.1 Å². The van der Waals surface area contributed by atoms with E-state index in [1.54, 1.807) is 18.4 Å². The molecule has 0 radical (unpaired) electrons. The Morgan fingerprint density at radius 1 is 1.50 bits per heavy atom.